The van der Waals surface area contributed by atoms with Crippen LogP contribution in [0.5, 0.6) is 0 Å². The van der Waals surface area contributed by atoms with E-state index in [4.69, 9.17) is 0 Å². The summed E-state index contributed by atoms with van der Waals surface area (Å²) in [5.74, 6) is 0. The van der Waals surface area contributed by atoms with Gasteiger partial charge in [-0.25, -0.2) is 0 Å². The highest BCUT2D eigenvalue weighted by Crippen LogP contribution is 2.26. The molecule has 2 N–H and O–H groups in total. The Hall–Kier alpha value is -0.0800. The summed E-state index contributed by atoms with van der Waals surface area (Å²) in [4.78, 5) is 0. The zero-order chi connectivity index (χ0) is 9.24. The summed E-state index contributed by atoms with van der Waals surface area (Å²) in [5, 5.41) is 0. The highest BCUT2D eigenvalue weighted by Gasteiger charge is 2.24. The van der Waals surface area contributed by atoms with E-state index >= 15 is 0 Å². The van der Waals surface area contributed by atoms with E-state index in [0.29, 0.717) is 5.41 Å². The van der Waals surface area contributed by atoms with Gasteiger partial charge in [0.2, 0.25) is 0 Å². The third-order valence-electron chi connectivity index (χ3n) is 2.65. The van der Waals surface area contributed by atoms with Gasteiger partial charge in [-0.15, -0.1) is 0 Å². The second-order valence-electron chi connectivity index (χ2n) is 5.38. The molecule has 0 amide bonds. The summed E-state index contributed by atoms with van der Waals surface area (Å²) in [7, 11) is 0. The molecule has 2 nitrogen and oxygen atoms in total. The predicted octanol–water partition coefficient (Wildman–Crippen LogP) is 2.07. The lowest BCUT2D eigenvalue weighted by atomic mass is 9.84. The van der Waals surface area contributed by atoms with Crippen molar-refractivity contribution in [3.8, 4) is 0 Å². The highest BCUT2D eigenvalue weighted by atomic mass is 15.4. The SMILES string of the molecule is CC1(C)CCCC(C)(C)NNC1. The first-order valence-electron chi connectivity index (χ1n) is 4.91. The van der Waals surface area contributed by atoms with E-state index in [1.807, 2.05) is 0 Å². The maximum absolute atomic E-state index is 3.37. The summed E-state index contributed by atoms with van der Waals surface area (Å²) in [6.07, 6.45) is 3.91. The molecule has 1 heterocycles. The van der Waals surface area contributed by atoms with Crippen LogP contribution in [0.4, 0.5) is 0 Å². The Labute approximate surface area is 76.1 Å². The first kappa shape index (κ1) is 10.0. The molecule has 1 saturated heterocycles. The largest absolute Gasteiger partial charge is 0.257 e. The van der Waals surface area contributed by atoms with Crippen LogP contribution in [0, 0.1) is 5.41 Å². The van der Waals surface area contributed by atoms with Gasteiger partial charge in [-0.3, -0.25) is 10.9 Å². The number of rotatable bonds is 0. The molecule has 0 spiro atoms. The van der Waals surface area contributed by atoms with Gasteiger partial charge in [-0.1, -0.05) is 20.3 Å². The lowest BCUT2D eigenvalue weighted by Gasteiger charge is -2.35. The van der Waals surface area contributed by atoms with Crippen LogP contribution in [0.2, 0.25) is 0 Å². The van der Waals surface area contributed by atoms with Gasteiger partial charge in [0.25, 0.3) is 0 Å². The molecule has 1 aliphatic heterocycles. The molecule has 0 aromatic rings. The van der Waals surface area contributed by atoms with E-state index in [0.717, 1.165) is 6.54 Å². The Morgan fingerprint density at radius 2 is 1.67 bits per heavy atom. The average Bonchev–Trinajstić information content (AvgIpc) is 1.82. The molecule has 0 saturated carbocycles. The third-order valence-corrected chi connectivity index (χ3v) is 2.65. The highest BCUT2D eigenvalue weighted by molar-refractivity contribution is 4.81. The molecular weight excluding hydrogens is 148 g/mol. The van der Waals surface area contributed by atoms with Gasteiger partial charge in [-0.05, 0) is 32.1 Å². The van der Waals surface area contributed by atoms with Gasteiger partial charge in [0, 0.05) is 12.1 Å². The molecule has 12 heavy (non-hydrogen) atoms. The van der Waals surface area contributed by atoms with Crippen LogP contribution in [-0.2, 0) is 0 Å². The summed E-state index contributed by atoms with van der Waals surface area (Å²) in [6.45, 7) is 10.2. The lowest BCUT2D eigenvalue weighted by Crippen LogP contribution is -2.52. The number of hydrogen-bond acceptors (Lipinski definition) is 2. The first-order chi connectivity index (χ1) is 5.41. The maximum atomic E-state index is 3.37. The Kier molecular flexibility index (Phi) is 2.79. The van der Waals surface area contributed by atoms with Crippen LogP contribution in [0.3, 0.4) is 0 Å². The lowest BCUT2D eigenvalue weighted by molar-refractivity contribution is 0.198. The van der Waals surface area contributed by atoms with Crippen molar-refractivity contribution in [3.63, 3.8) is 0 Å². The van der Waals surface area contributed by atoms with Crippen molar-refractivity contribution < 1.29 is 0 Å². The molecule has 72 valence electrons. The van der Waals surface area contributed by atoms with Crippen molar-refractivity contribution in [3.05, 3.63) is 0 Å². The van der Waals surface area contributed by atoms with Crippen molar-refractivity contribution >= 4 is 0 Å². The zero-order valence-corrected chi connectivity index (χ0v) is 8.83. The minimum absolute atomic E-state index is 0.260. The second kappa shape index (κ2) is 3.35. The minimum atomic E-state index is 0.260. The molecule has 1 fully saturated rings. The van der Waals surface area contributed by atoms with Gasteiger partial charge in [0.15, 0.2) is 0 Å². The number of nitrogens with one attached hydrogen (secondary N) is 2. The van der Waals surface area contributed by atoms with Crippen molar-refractivity contribution in [1.82, 2.24) is 10.9 Å². The third kappa shape index (κ3) is 3.11. The fourth-order valence-corrected chi connectivity index (χ4v) is 1.68. The van der Waals surface area contributed by atoms with Crippen LogP contribution < -0.4 is 10.9 Å². The van der Waals surface area contributed by atoms with Crippen LogP contribution in [0.25, 0.3) is 0 Å². The number of hydrazine groups is 1. The quantitative estimate of drug-likeness (QED) is 0.581. The molecule has 1 rings (SSSR count). The second-order valence-corrected chi connectivity index (χ2v) is 5.38. The van der Waals surface area contributed by atoms with Crippen molar-refractivity contribution in [2.45, 2.75) is 52.5 Å². The molecule has 0 aromatic carbocycles. The summed E-state index contributed by atoms with van der Waals surface area (Å²) >= 11 is 0. The summed E-state index contributed by atoms with van der Waals surface area (Å²) < 4.78 is 0. The van der Waals surface area contributed by atoms with Gasteiger partial charge < -0.3 is 0 Å². The molecule has 1 aliphatic rings. The van der Waals surface area contributed by atoms with Crippen LogP contribution in [-0.4, -0.2) is 12.1 Å². The minimum Gasteiger partial charge on any atom is -0.257 e. The standard InChI is InChI=1S/C10H22N2/c1-9(2)6-5-7-10(3,4)12-11-8-9/h11-12H,5-8H2,1-4H3. The molecule has 0 atom stereocenters. The topological polar surface area (TPSA) is 24.1 Å². The average molecular weight is 170 g/mol. The van der Waals surface area contributed by atoms with E-state index < -0.39 is 0 Å². The van der Waals surface area contributed by atoms with Crippen molar-refractivity contribution in [2.24, 2.45) is 5.41 Å². The first-order valence-corrected chi connectivity index (χ1v) is 4.91. The van der Waals surface area contributed by atoms with Gasteiger partial charge in [0.05, 0.1) is 0 Å². The number of hydrogen-bond donors (Lipinski definition) is 2. The smallest absolute Gasteiger partial charge is 0.0267 e. The van der Waals surface area contributed by atoms with Crippen LogP contribution >= 0.6 is 0 Å². The van der Waals surface area contributed by atoms with E-state index in [2.05, 4.69) is 38.5 Å². The Morgan fingerprint density at radius 3 is 2.33 bits per heavy atom. The van der Waals surface area contributed by atoms with E-state index in [-0.39, 0.29) is 5.54 Å². The molecule has 0 bridgehead atoms. The zero-order valence-electron chi connectivity index (χ0n) is 8.83. The maximum Gasteiger partial charge on any atom is 0.0267 e. The molecular formula is C10H22N2. The summed E-state index contributed by atoms with van der Waals surface area (Å²) in [5.41, 5.74) is 7.39. The van der Waals surface area contributed by atoms with E-state index in [1.54, 1.807) is 0 Å². The predicted molar refractivity (Wildman–Crippen MR) is 52.8 cm³/mol. The van der Waals surface area contributed by atoms with Gasteiger partial charge in [0.1, 0.15) is 0 Å². The van der Waals surface area contributed by atoms with E-state index in [9.17, 15) is 0 Å². The molecule has 0 radical (unpaired) electrons. The van der Waals surface area contributed by atoms with Crippen LogP contribution in [0.1, 0.15) is 47.0 Å². The molecule has 0 aromatic heterocycles. The normalized spacial score (nSPS) is 29.0. The Balaban J connectivity index is 2.45. The van der Waals surface area contributed by atoms with Crippen molar-refractivity contribution in [2.75, 3.05) is 6.54 Å². The van der Waals surface area contributed by atoms with Gasteiger partial charge in [-0.2, -0.15) is 0 Å². The fourth-order valence-electron chi connectivity index (χ4n) is 1.68. The van der Waals surface area contributed by atoms with E-state index in [1.165, 1.54) is 19.3 Å². The fraction of sp³-hybridized carbons (Fsp3) is 1.00. The molecule has 0 unspecified atom stereocenters. The van der Waals surface area contributed by atoms with Crippen molar-refractivity contribution in [1.29, 1.82) is 0 Å². The Morgan fingerprint density at radius 1 is 1.00 bits per heavy atom. The van der Waals surface area contributed by atoms with Crippen LogP contribution in [0.15, 0.2) is 0 Å². The molecule has 0 aliphatic carbocycles. The summed E-state index contributed by atoms with van der Waals surface area (Å²) in [6, 6.07) is 0. The molecule has 2 heteroatoms. The van der Waals surface area contributed by atoms with Gasteiger partial charge >= 0.3 is 0 Å². The monoisotopic (exact) mass is 170 g/mol. The Bertz CT molecular complexity index is 120.